The average Bonchev–Trinajstić information content (AvgIpc) is 2.57. The van der Waals surface area contributed by atoms with Crippen molar-refractivity contribution in [2.45, 2.75) is 26.7 Å². The Labute approximate surface area is 89.1 Å². The molecule has 0 aliphatic rings. The molecule has 0 spiro atoms. The summed E-state index contributed by atoms with van der Waals surface area (Å²) in [7, 11) is 0. The third kappa shape index (κ3) is 2.29. The van der Waals surface area contributed by atoms with Gasteiger partial charge in [0.25, 0.3) is 0 Å². The van der Waals surface area contributed by atoms with E-state index in [1.54, 1.807) is 0 Å². The lowest BCUT2D eigenvalue weighted by Crippen LogP contribution is -1.95. The van der Waals surface area contributed by atoms with Crippen LogP contribution in [0.15, 0.2) is 22.6 Å². The van der Waals surface area contributed by atoms with E-state index in [4.69, 9.17) is 9.15 Å². The predicted octanol–water partition coefficient (Wildman–Crippen LogP) is 3.32. The van der Waals surface area contributed by atoms with E-state index in [0.717, 1.165) is 36.3 Å². The molecule has 2 rings (SSSR count). The minimum Gasteiger partial charge on any atom is -0.494 e. The molecule has 0 unspecified atom stereocenters. The van der Waals surface area contributed by atoms with Gasteiger partial charge < -0.3 is 9.15 Å². The summed E-state index contributed by atoms with van der Waals surface area (Å²) >= 11 is 0. The second-order valence-corrected chi connectivity index (χ2v) is 3.56. The Morgan fingerprint density at radius 2 is 2.27 bits per heavy atom. The Hall–Kier alpha value is -1.51. The maximum atomic E-state index is 5.58. The van der Waals surface area contributed by atoms with Gasteiger partial charge in [-0.25, -0.2) is 4.98 Å². The van der Waals surface area contributed by atoms with Crippen molar-refractivity contribution >= 4 is 11.1 Å². The van der Waals surface area contributed by atoms with Gasteiger partial charge >= 0.3 is 0 Å². The van der Waals surface area contributed by atoms with Gasteiger partial charge in [0.15, 0.2) is 11.5 Å². The van der Waals surface area contributed by atoms with Gasteiger partial charge in [-0.2, -0.15) is 0 Å². The van der Waals surface area contributed by atoms with E-state index in [1.807, 2.05) is 25.1 Å². The largest absolute Gasteiger partial charge is 0.494 e. The minimum absolute atomic E-state index is 0.690. The van der Waals surface area contributed by atoms with Crippen LogP contribution < -0.4 is 4.74 Å². The first kappa shape index (κ1) is 10.0. The van der Waals surface area contributed by atoms with E-state index in [2.05, 4.69) is 11.9 Å². The van der Waals surface area contributed by atoms with E-state index in [0.29, 0.717) is 5.89 Å². The quantitative estimate of drug-likeness (QED) is 0.718. The van der Waals surface area contributed by atoms with Crippen LogP contribution in [0.5, 0.6) is 5.75 Å². The zero-order valence-electron chi connectivity index (χ0n) is 9.12. The number of nitrogens with zero attached hydrogens (tertiary/aromatic N) is 1. The zero-order valence-corrected chi connectivity index (χ0v) is 9.12. The summed E-state index contributed by atoms with van der Waals surface area (Å²) in [4.78, 5) is 4.26. The van der Waals surface area contributed by atoms with Gasteiger partial charge in [0, 0.05) is 13.0 Å². The van der Waals surface area contributed by atoms with Crippen LogP contribution >= 0.6 is 0 Å². The van der Waals surface area contributed by atoms with Crippen LogP contribution in [0.4, 0.5) is 0 Å². The molecule has 0 amide bonds. The fraction of sp³-hybridized carbons (Fsp3) is 0.417. The summed E-state index contributed by atoms with van der Waals surface area (Å²) < 4.78 is 11.0. The highest BCUT2D eigenvalue weighted by molar-refractivity contribution is 5.74. The Morgan fingerprint density at radius 1 is 1.40 bits per heavy atom. The Balaban J connectivity index is 2.15. The first-order valence-corrected chi connectivity index (χ1v) is 5.29. The third-order valence-corrected chi connectivity index (χ3v) is 2.23. The average molecular weight is 205 g/mol. The van der Waals surface area contributed by atoms with Crippen molar-refractivity contribution in [3.8, 4) is 5.75 Å². The van der Waals surface area contributed by atoms with Crippen molar-refractivity contribution in [3.05, 3.63) is 24.1 Å². The lowest BCUT2D eigenvalue weighted by Gasteiger charge is -2.03. The number of fused-ring (bicyclic) bond motifs is 1. The van der Waals surface area contributed by atoms with Gasteiger partial charge in [-0.1, -0.05) is 13.3 Å². The second-order valence-electron chi connectivity index (χ2n) is 3.56. The van der Waals surface area contributed by atoms with E-state index in [9.17, 15) is 0 Å². The number of hydrogen-bond acceptors (Lipinski definition) is 3. The SMILES string of the molecule is CCCCOc1ccc2oc(C)nc2c1. The Morgan fingerprint density at radius 3 is 3.07 bits per heavy atom. The summed E-state index contributed by atoms with van der Waals surface area (Å²) in [6.07, 6.45) is 2.22. The van der Waals surface area contributed by atoms with E-state index in [-0.39, 0.29) is 0 Å². The van der Waals surface area contributed by atoms with Crippen LogP contribution in [0.25, 0.3) is 11.1 Å². The molecule has 0 aliphatic heterocycles. The zero-order chi connectivity index (χ0) is 10.7. The predicted molar refractivity (Wildman–Crippen MR) is 59.1 cm³/mol. The molecule has 15 heavy (non-hydrogen) atoms. The van der Waals surface area contributed by atoms with Crippen LogP contribution in [-0.2, 0) is 0 Å². The van der Waals surface area contributed by atoms with E-state index in [1.165, 1.54) is 0 Å². The normalized spacial score (nSPS) is 10.8. The van der Waals surface area contributed by atoms with Crippen molar-refractivity contribution in [2.24, 2.45) is 0 Å². The van der Waals surface area contributed by atoms with Crippen LogP contribution in [0, 0.1) is 6.92 Å². The molecule has 0 N–H and O–H groups in total. The molecule has 3 heteroatoms. The van der Waals surface area contributed by atoms with Crippen molar-refractivity contribution < 1.29 is 9.15 Å². The van der Waals surface area contributed by atoms with Crippen LogP contribution in [0.1, 0.15) is 25.7 Å². The lowest BCUT2D eigenvalue weighted by atomic mass is 10.3. The molecule has 3 nitrogen and oxygen atoms in total. The van der Waals surface area contributed by atoms with Crippen LogP contribution in [-0.4, -0.2) is 11.6 Å². The highest BCUT2D eigenvalue weighted by Crippen LogP contribution is 2.21. The monoisotopic (exact) mass is 205 g/mol. The summed E-state index contributed by atoms with van der Waals surface area (Å²) in [6, 6.07) is 5.74. The molecule has 0 saturated heterocycles. The summed E-state index contributed by atoms with van der Waals surface area (Å²) in [5.41, 5.74) is 1.68. The van der Waals surface area contributed by atoms with Gasteiger partial charge in [0.2, 0.25) is 0 Å². The summed E-state index contributed by atoms with van der Waals surface area (Å²) in [6.45, 7) is 4.75. The number of ether oxygens (including phenoxy) is 1. The maximum Gasteiger partial charge on any atom is 0.192 e. The molecule has 0 atom stereocenters. The summed E-state index contributed by atoms with van der Waals surface area (Å²) in [5, 5.41) is 0. The Kier molecular flexibility index (Phi) is 2.90. The topological polar surface area (TPSA) is 35.3 Å². The fourth-order valence-electron chi connectivity index (χ4n) is 1.45. The van der Waals surface area contributed by atoms with Crippen LogP contribution in [0.3, 0.4) is 0 Å². The van der Waals surface area contributed by atoms with Gasteiger partial charge in [0.1, 0.15) is 11.3 Å². The number of rotatable bonds is 4. The number of hydrogen-bond donors (Lipinski definition) is 0. The number of unbranched alkanes of at least 4 members (excludes halogenated alkanes) is 1. The van der Waals surface area contributed by atoms with Crippen LogP contribution in [0.2, 0.25) is 0 Å². The van der Waals surface area contributed by atoms with Gasteiger partial charge in [0.05, 0.1) is 6.61 Å². The van der Waals surface area contributed by atoms with E-state index >= 15 is 0 Å². The molecule has 1 aromatic carbocycles. The molecular formula is C12H15NO2. The molecule has 1 aromatic heterocycles. The molecular weight excluding hydrogens is 190 g/mol. The third-order valence-electron chi connectivity index (χ3n) is 2.23. The van der Waals surface area contributed by atoms with E-state index < -0.39 is 0 Å². The standard InChI is InChI=1S/C12H15NO2/c1-3-4-7-14-10-5-6-12-11(8-10)13-9(2)15-12/h5-6,8H,3-4,7H2,1-2H3. The van der Waals surface area contributed by atoms with Gasteiger partial charge in [-0.05, 0) is 18.6 Å². The lowest BCUT2D eigenvalue weighted by molar-refractivity contribution is 0.309. The molecule has 1 heterocycles. The first-order chi connectivity index (χ1) is 7.29. The molecule has 0 saturated carbocycles. The number of oxazole rings is 1. The fourth-order valence-corrected chi connectivity index (χ4v) is 1.45. The van der Waals surface area contributed by atoms with Gasteiger partial charge in [-0.15, -0.1) is 0 Å². The molecule has 2 aromatic rings. The number of aromatic nitrogens is 1. The van der Waals surface area contributed by atoms with Gasteiger partial charge in [-0.3, -0.25) is 0 Å². The van der Waals surface area contributed by atoms with Crippen molar-refractivity contribution in [1.82, 2.24) is 4.98 Å². The highest BCUT2D eigenvalue weighted by Gasteiger charge is 2.03. The number of aryl methyl sites for hydroxylation is 1. The smallest absolute Gasteiger partial charge is 0.192 e. The highest BCUT2D eigenvalue weighted by atomic mass is 16.5. The van der Waals surface area contributed by atoms with Crippen molar-refractivity contribution in [3.63, 3.8) is 0 Å². The molecule has 0 aliphatic carbocycles. The summed E-state index contributed by atoms with van der Waals surface area (Å²) in [5.74, 6) is 1.56. The first-order valence-electron chi connectivity index (χ1n) is 5.29. The second kappa shape index (κ2) is 4.34. The minimum atomic E-state index is 0.690. The molecule has 0 fully saturated rings. The maximum absolute atomic E-state index is 5.58. The molecule has 0 radical (unpaired) electrons. The van der Waals surface area contributed by atoms with Crippen molar-refractivity contribution in [2.75, 3.05) is 6.61 Å². The molecule has 0 bridgehead atoms. The van der Waals surface area contributed by atoms with Crippen molar-refractivity contribution in [1.29, 1.82) is 0 Å². The molecule has 80 valence electrons. The number of benzene rings is 1. The Bertz CT molecular complexity index is 448.